The molecule has 47 heavy (non-hydrogen) atoms. The number of nitrogens with one attached hydrogen (secondary N) is 1. The minimum absolute atomic E-state index is 0.0114. The molecule has 1 unspecified atom stereocenters. The molecule has 4 bridgehead atoms. The van der Waals surface area contributed by atoms with E-state index in [4.69, 9.17) is 19.4 Å². The molecule has 1 N–H and O–H groups in total. The molecule has 0 radical (unpaired) electrons. The van der Waals surface area contributed by atoms with E-state index in [1.807, 2.05) is 57.3 Å². The summed E-state index contributed by atoms with van der Waals surface area (Å²) in [7, 11) is -4.01. The second kappa shape index (κ2) is 13.2. The van der Waals surface area contributed by atoms with Crippen LogP contribution in [-0.2, 0) is 21.2 Å². The highest BCUT2D eigenvalue weighted by Gasteiger charge is 2.32. The van der Waals surface area contributed by atoms with Gasteiger partial charge in [0.25, 0.3) is 10.0 Å². The van der Waals surface area contributed by atoms with Gasteiger partial charge < -0.3 is 14.4 Å². The summed E-state index contributed by atoms with van der Waals surface area (Å²) in [6.45, 7) is 16.2. The third-order valence-corrected chi connectivity index (χ3v) is 10.5. The Morgan fingerprint density at radius 1 is 0.957 bits per heavy atom. The lowest BCUT2D eigenvalue weighted by Crippen LogP contribution is -2.36. The highest BCUT2D eigenvalue weighted by atomic mass is 32.2. The molecule has 4 aromatic rings. The molecule has 0 amide bonds. The van der Waals surface area contributed by atoms with Crippen molar-refractivity contribution in [2.75, 3.05) is 42.5 Å². The van der Waals surface area contributed by atoms with Crippen LogP contribution in [0.4, 0.5) is 11.6 Å². The summed E-state index contributed by atoms with van der Waals surface area (Å²) >= 11 is 0. The van der Waals surface area contributed by atoms with Gasteiger partial charge in [-0.15, -0.1) is 0 Å². The van der Waals surface area contributed by atoms with Crippen LogP contribution in [0.3, 0.4) is 0 Å². The topological polar surface area (TPSA) is 107 Å². The van der Waals surface area contributed by atoms with Crippen LogP contribution >= 0.6 is 0 Å². The monoisotopic (exact) mass is 655 g/mol. The first kappa shape index (κ1) is 32.9. The molecule has 2 aliphatic rings. The molecule has 1 saturated heterocycles. The van der Waals surface area contributed by atoms with Crippen LogP contribution in [0, 0.1) is 32.1 Å². The molecule has 9 nitrogen and oxygen atoms in total. The average molecular weight is 656 g/mol. The molecule has 248 valence electrons. The molecule has 2 aromatic carbocycles. The van der Waals surface area contributed by atoms with Gasteiger partial charge in [0, 0.05) is 35.8 Å². The van der Waals surface area contributed by atoms with Crippen molar-refractivity contribution >= 4 is 21.7 Å². The molecule has 2 aromatic heterocycles. The quantitative estimate of drug-likeness (QED) is 0.248. The molecule has 10 heteroatoms. The zero-order chi connectivity index (χ0) is 33.3. The van der Waals surface area contributed by atoms with Gasteiger partial charge in [-0.2, -0.15) is 4.98 Å². The summed E-state index contributed by atoms with van der Waals surface area (Å²) < 4.78 is 42.5. The summed E-state index contributed by atoms with van der Waals surface area (Å²) in [6, 6.07) is 17.5. The Bertz CT molecular complexity index is 1830. The van der Waals surface area contributed by atoms with E-state index >= 15 is 0 Å². The number of hydrogen-bond donors (Lipinski definition) is 1. The lowest BCUT2D eigenvalue weighted by molar-refractivity contribution is 0.122. The Labute approximate surface area is 278 Å². The van der Waals surface area contributed by atoms with Crippen molar-refractivity contribution in [1.29, 1.82) is 0 Å². The normalized spacial score (nSPS) is 19.6. The summed E-state index contributed by atoms with van der Waals surface area (Å²) in [5, 5.41) is 0. The Morgan fingerprint density at radius 2 is 1.68 bits per heavy atom. The number of nitrogens with zero attached hydrogens (tertiary/aromatic N) is 4. The van der Waals surface area contributed by atoms with Crippen molar-refractivity contribution in [3.63, 3.8) is 0 Å². The summed E-state index contributed by atoms with van der Waals surface area (Å²) in [5.74, 6) is 0.334. The number of benzene rings is 2. The standard InChI is InChI=1S/C37H45N5O4S/c1-24-9-7-10-25(2)33(24)34-26(3)35-40-36(39-34)41-47(43,44)31-12-8-11-27(19-31)32(28(23-46-35)21-37(4,5)6)20-29-13-14-30(22-38-29)42-15-17-45-18-16-42/h7-14,19,22,28,32H,15-18,20-21,23H2,1-6H3,(H,39,40,41)/t28-,32?/m1/s1. The fourth-order valence-corrected chi connectivity index (χ4v) is 7.82. The van der Waals surface area contributed by atoms with E-state index in [2.05, 4.69) is 47.5 Å². The smallest absolute Gasteiger partial charge is 0.264 e. The van der Waals surface area contributed by atoms with Gasteiger partial charge in [0.2, 0.25) is 11.8 Å². The van der Waals surface area contributed by atoms with Crippen molar-refractivity contribution < 1.29 is 17.9 Å². The molecule has 0 saturated carbocycles. The number of aryl methyl sites for hydroxylation is 2. The molecule has 4 heterocycles. The van der Waals surface area contributed by atoms with Crippen molar-refractivity contribution in [2.24, 2.45) is 11.3 Å². The Morgan fingerprint density at radius 3 is 2.36 bits per heavy atom. The number of ether oxygens (including phenoxy) is 2. The first-order valence-corrected chi connectivity index (χ1v) is 17.8. The van der Waals surface area contributed by atoms with Gasteiger partial charge in [0.05, 0.1) is 42.3 Å². The lowest BCUT2D eigenvalue weighted by atomic mass is 9.74. The summed E-state index contributed by atoms with van der Waals surface area (Å²) in [4.78, 5) is 16.7. The predicted octanol–water partition coefficient (Wildman–Crippen LogP) is 6.87. The van der Waals surface area contributed by atoms with Crippen molar-refractivity contribution in [2.45, 2.75) is 65.2 Å². The van der Waals surface area contributed by atoms with E-state index in [0.717, 1.165) is 58.7 Å². The molecular weight excluding hydrogens is 611 g/mol. The fourth-order valence-electron chi connectivity index (χ4n) is 6.82. The van der Waals surface area contributed by atoms with Crippen LogP contribution in [0.15, 0.2) is 65.7 Å². The van der Waals surface area contributed by atoms with Gasteiger partial charge in [-0.3, -0.25) is 4.98 Å². The van der Waals surface area contributed by atoms with Gasteiger partial charge >= 0.3 is 0 Å². The van der Waals surface area contributed by atoms with Crippen LogP contribution in [0.5, 0.6) is 5.88 Å². The first-order valence-electron chi connectivity index (χ1n) is 16.4. The van der Waals surface area contributed by atoms with Crippen LogP contribution in [-0.4, -0.2) is 56.3 Å². The second-order valence-electron chi connectivity index (χ2n) is 14.0. The maximum atomic E-state index is 13.9. The fraction of sp³-hybridized carbons (Fsp3) is 0.432. The molecular formula is C37H45N5O4S. The lowest BCUT2D eigenvalue weighted by Gasteiger charge is -2.33. The molecule has 6 rings (SSSR count). The SMILES string of the molecule is Cc1cccc(C)c1-c1nc2nc(c1C)OC[C@@H](CC(C)(C)C)C(Cc1ccc(N3CCOCC3)cn1)c1cccc(c1)S(=O)(=O)N2. The summed E-state index contributed by atoms with van der Waals surface area (Å²) in [6.07, 6.45) is 3.42. The van der Waals surface area contributed by atoms with Gasteiger partial charge in [0.1, 0.15) is 0 Å². The third-order valence-electron chi connectivity index (χ3n) is 9.13. The van der Waals surface area contributed by atoms with E-state index in [1.165, 1.54) is 0 Å². The summed E-state index contributed by atoms with van der Waals surface area (Å²) in [5.41, 5.74) is 7.40. The molecule has 2 atom stereocenters. The van der Waals surface area contributed by atoms with Gasteiger partial charge in [-0.25, -0.2) is 18.1 Å². The molecule has 1 fully saturated rings. The highest BCUT2D eigenvalue weighted by molar-refractivity contribution is 7.92. The number of hydrogen-bond acceptors (Lipinski definition) is 8. The van der Waals surface area contributed by atoms with E-state index in [0.29, 0.717) is 37.8 Å². The van der Waals surface area contributed by atoms with Crippen LogP contribution < -0.4 is 14.4 Å². The van der Waals surface area contributed by atoms with E-state index in [-0.39, 0.29) is 28.1 Å². The number of aromatic nitrogens is 3. The second-order valence-corrected chi connectivity index (χ2v) is 15.7. The Kier molecular flexibility index (Phi) is 9.27. The van der Waals surface area contributed by atoms with Crippen molar-refractivity contribution in [3.8, 4) is 17.1 Å². The van der Waals surface area contributed by atoms with Gasteiger partial charge in [-0.1, -0.05) is 51.1 Å². The van der Waals surface area contributed by atoms with E-state index in [9.17, 15) is 8.42 Å². The van der Waals surface area contributed by atoms with Gasteiger partial charge in [0.15, 0.2) is 0 Å². The number of anilines is 2. The average Bonchev–Trinajstić information content (AvgIpc) is 3.03. The number of sulfonamides is 1. The number of fused-ring (bicyclic) bond motifs is 4. The van der Waals surface area contributed by atoms with Crippen LogP contribution in [0.25, 0.3) is 11.3 Å². The minimum Gasteiger partial charge on any atom is -0.477 e. The Hall–Kier alpha value is -4.02. The number of rotatable bonds is 5. The molecule has 0 spiro atoms. The van der Waals surface area contributed by atoms with Gasteiger partial charge in [-0.05, 0) is 85.9 Å². The first-order chi connectivity index (χ1) is 22.4. The minimum atomic E-state index is -4.01. The zero-order valence-electron chi connectivity index (χ0n) is 28.2. The maximum Gasteiger partial charge on any atom is 0.264 e. The van der Waals surface area contributed by atoms with E-state index in [1.54, 1.807) is 12.1 Å². The molecule has 0 aliphatic carbocycles. The van der Waals surface area contributed by atoms with Crippen molar-refractivity contribution in [3.05, 3.63) is 88.7 Å². The maximum absolute atomic E-state index is 13.9. The molecule has 2 aliphatic heterocycles. The largest absolute Gasteiger partial charge is 0.477 e. The highest BCUT2D eigenvalue weighted by Crippen LogP contribution is 2.40. The zero-order valence-corrected chi connectivity index (χ0v) is 29.0. The third kappa shape index (κ3) is 7.44. The van der Waals surface area contributed by atoms with Crippen LogP contribution in [0.2, 0.25) is 0 Å². The Balaban J connectivity index is 1.44. The van der Waals surface area contributed by atoms with Crippen LogP contribution in [0.1, 0.15) is 61.1 Å². The van der Waals surface area contributed by atoms with E-state index < -0.39 is 10.0 Å². The predicted molar refractivity (Wildman–Crippen MR) is 186 cm³/mol. The number of pyridine rings is 1. The number of morpholine rings is 1. The van der Waals surface area contributed by atoms with Crippen molar-refractivity contribution in [1.82, 2.24) is 15.0 Å².